The normalized spacial score (nSPS) is 12.9. The maximum atomic E-state index is 12.9. The molecule has 0 aliphatic carbocycles. The largest absolute Gasteiger partial charge is 0.418 e. The van der Waals surface area contributed by atoms with Crippen LogP contribution in [0, 0.1) is 17.2 Å². The highest BCUT2D eigenvalue weighted by molar-refractivity contribution is 5.95. The Kier molecular flexibility index (Phi) is 4.73. The van der Waals surface area contributed by atoms with Crippen LogP contribution in [0.1, 0.15) is 25.0 Å². The fourth-order valence-corrected chi connectivity index (χ4v) is 1.48. The van der Waals surface area contributed by atoms with E-state index in [0.29, 0.717) is 6.07 Å². The lowest BCUT2D eigenvalue weighted by atomic mass is 10.0. The molecule has 0 radical (unpaired) electrons. The van der Waals surface area contributed by atoms with Gasteiger partial charge >= 0.3 is 6.18 Å². The van der Waals surface area contributed by atoms with Crippen molar-refractivity contribution in [1.82, 2.24) is 0 Å². The fourth-order valence-electron chi connectivity index (χ4n) is 1.48. The number of alkyl halides is 3. The van der Waals surface area contributed by atoms with Gasteiger partial charge in [0.05, 0.1) is 28.9 Å². The van der Waals surface area contributed by atoms with E-state index in [9.17, 15) is 18.0 Å². The minimum Gasteiger partial charge on any atom is -0.324 e. The summed E-state index contributed by atoms with van der Waals surface area (Å²) < 4.78 is 38.6. The molecule has 0 aliphatic heterocycles. The van der Waals surface area contributed by atoms with Crippen LogP contribution in [0.5, 0.6) is 0 Å². The van der Waals surface area contributed by atoms with Gasteiger partial charge in [-0.3, -0.25) is 4.79 Å². The van der Waals surface area contributed by atoms with Gasteiger partial charge in [0.2, 0.25) is 5.91 Å². The highest BCUT2D eigenvalue weighted by atomic mass is 19.4. The van der Waals surface area contributed by atoms with Gasteiger partial charge in [-0.25, -0.2) is 0 Å². The van der Waals surface area contributed by atoms with Crippen LogP contribution in [0.4, 0.5) is 18.9 Å². The first-order valence-corrected chi connectivity index (χ1v) is 5.84. The van der Waals surface area contributed by atoms with E-state index in [1.165, 1.54) is 6.07 Å². The van der Waals surface area contributed by atoms with Crippen molar-refractivity contribution < 1.29 is 18.0 Å². The fraction of sp³-hybridized carbons (Fsp3) is 0.385. The molecule has 1 aromatic rings. The maximum absolute atomic E-state index is 12.9. The second-order valence-corrected chi connectivity index (χ2v) is 4.63. The maximum Gasteiger partial charge on any atom is 0.418 e. The summed E-state index contributed by atoms with van der Waals surface area (Å²) in [6.07, 6.45) is -4.67. The molecule has 0 aromatic heterocycles. The number of nitriles is 1. The molecule has 4 nitrogen and oxygen atoms in total. The number of nitrogens with one attached hydrogen (secondary N) is 1. The van der Waals surface area contributed by atoms with Gasteiger partial charge in [0.15, 0.2) is 0 Å². The van der Waals surface area contributed by atoms with Crippen molar-refractivity contribution in [1.29, 1.82) is 5.26 Å². The van der Waals surface area contributed by atoms with Crippen molar-refractivity contribution in [2.75, 3.05) is 5.32 Å². The van der Waals surface area contributed by atoms with Crippen LogP contribution >= 0.6 is 0 Å². The summed E-state index contributed by atoms with van der Waals surface area (Å²) in [4.78, 5) is 11.7. The van der Waals surface area contributed by atoms with Crippen molar-refractivity contribution in [3.8, 4) is 6.07 Å². The monoisotopic (exact) mass is 285 g/mol. The first kappa shape index (κ1) is 16.0. The Bertz CT molecular complexity index is 547. The van der Waals surface area contributed by atoms with E-state index in [4.69, 9.17) is 11.0 Å². The van der Waals surface area contributed by atoms with Crippen LogP contribution in [0.3, 0.4) is 0 Å². The van der Waals surface area contributed by atoms with Crippen LogP contribution in [0.2, 0.25) is 0 Å². The number of nitrogens with two attached hydrogens (primary N) is 1. The molecule has 20 heavy (non-hydrogen) atoms. The molecule has 3 N–H and O–H groups in total. The smallest absolute Gasteiger partial charge is 0.324 e. The molecule has 0 saturated carbocycles. The van der Waals surface area contributed by atoms with Crippen LogP contribution in [-0.4, -0.2) is 11.9 Å². The zero-order chi connectivity index (χ0) is 15.5. The molecule has 1 rings (SSSR count). The molecule has 1 atom stereocenters. The Morgan fingerprint density at radius 2 is 2.00 bits per heavy atom. The number of rotatable bonds is 3. The predicted molar refractivity (Wildman–Crippen MR) is 67.6 cm³/mol. The van der Waals surface area contributed by atoms with Crippen LogP contribution in [0.15, 0.2) is 18.2 Å². The molecule has 7 heteroatoms. The quantitative estimate of drug-likeness (QED) is 0.895. The molecule has 0 spiro atoms. The molecule has 0 heterocycles. The topological polar surface area (TPSA) is 78.9 Å². The van der Waals surface area contributed by atoms with E-state index in [1.54, 1.807) is 19.9 Å². The van der Waals surface area contributed by atoms with E-state index in [2.05, 4.69) is 5.32 Å². The highest BCUT2D eigenvalue weighted by Gasteiger charge is 2.34. The number of hydrogen-bond acceptors (Lipinski definition) is 3. The molecule has 0 saturated heterocycles. The molecular formula is C13H14F3N3O. The SMILES string of the molecule is CC(C)[C@@H](N)C(=O)Nc1ccc(C#N)cc1C(F)(F)F. The lowest BCUT2D eigenvalue weighted by Gasteiger charge is -2.18. The Balaban J connectivity index is 3.13. The average Bonchev–Trinajstić information content (AvgIpc) is 2.36. The van der Waals surface area contributed by atoms with Gasteiger partial charge in [0.1, 0.15) is 0 Å². The Morgan fingerprint density at radius 1 is 1.40 bits per heavy atom. The van der Waals surface area contributed by atoms with Crippen LogP contribution in [-0.2, 0) is 11.0 Å². The molecule has 1 aromatic carbocycles. The number of hydrogen-bond donors (Lipinski definition) is 2. The van der Waals surface area contributed by atoms with Crippen molar-refractivity contribution in [2.24, 2.45) is 11.7 Å². The van der Waals surface area contributed by atoms with E-state index in [0.717, 1.165) is 6.07 Å². The van der Waals surface area contributed by atoms with Gasteiger partial charge < -0.3 is 11.1 Å². The standard InChI is InChI=1S/C13H14F3N3O/c1-7(2)11(18)12(20)19-10-4-3-8(6-17)5-9(10)13(14,15)16/h3-5,7,11H,18H2,1-2H3,(H,19,20)/t11-/m1/s1. The summed E-state index contributed by atoms with van der Waals surface area (Å²) in [5.41, 5.74) is 3.97. The van der Waals surface area contributed by atoms with Gasteiger partial charge in [-0.15, -0.1) is 0 Å². The van der Waals surface area contributed by atoms with Crippen LogP contribution < -0.4 is 11.1 Å². The minimum atomic E-state index is -4.67. The zero-order valence-electron chi connectivity index (χ0n) is 11.0. The summed E-state index contributed by atoms with van der Waals surface area (Å²) in [6.45, 7) is 3.38. The first-order chi connectivity index (χ1) is 9.16. The predicted octanol–water partition coefficient (Wildman–Crippen LogP) is 2.50. The van der Waals surface area contributed by atoms with E-state index >= 15 is 0 Å². The Labute approximate surface area is 114 Å². The van der Waals surface area contributed by atoms with Crippen molar-refractivity contribution >= 4 is 11.6 Å². The molecule has 0 fully saturated rings. The van der Waals surface area contributed by atoms with Gasteiger partial charge in [0, 0.05) is 0 Å². The summed E-state index contributed by atoms with van der Waals surface area (Å²) in [6, 6.07) is 3.65. The first-order valence-electron chi connectivity index (χ1n) is 5.84. The summed E-state index contributed by atoms with van der Waals surface area (Å²) in [5, 5.41) is 10.8. The van der Waals surface area contributed by atoms with Gasteiger partial charge in [-0.2, -0.15) is 18.4 Å². The molecule has 0 unspecified atom stereocenters. The van der Waals surface area contributed by atoms with E-state index in [1.807, 2.05) is 0 Å². The molecule has 0 aliphatic rings. The number of carbonyl (C=O) groups is 1. The second kappa shape index (κ2) is 5.92. The molecular weight excluding hydrogens is 271 g/mol. The number of nitrogens with zero attached hydrogens (tertiary/aromatic N) is 1. The molecule has 0 bridgehead atoms. The third-order valence-electron chi connectivity index (χ3n) is 2.73. The Hall–Kier alpha value is -2.07. The van der Waals surface area contributed by atoms with E-state index in [-0.39, 0.29) is 11.5 Å². The third kappa shape index (κ3) is 3.71. The highest BCUT2D eigenvalue weighted by Crippen LogP contribution is 2.35. The van der Waals surface area contributed by atoms with Crippen molar-refractivity contribution in [3.63, 3.8) is 0 Å². The zero-order valence-corrected chi connectivity index (χ0v) is 11.0. The lowest BCUT2D eigenvalue weighted by molar-refractivity contribution is -0.137. The third-order valence-corrected chi connectivity index (χ3v) is 2.73. The van der Waals surface area contributed by atoms with Gasteiger partial charge in [-0.05, 0) is 24.1 Å². The summed E-state index contributed by atoms with van der Waals surface area (Å²) >= 11 is 0. The average molecular weight is 285 g/mol. The van der Waals surface area contributed by atoms with E-state index < -0.39 is 29.4 Å². The number of anilines is 1. The van der Waals surface area contributed by atoms with Crippen LogP contribution in [0.25, 0.3) is 0 Å². The van der Waals surface area contributed by atoms with Crippen molar-refractivity contribution in [3.05, 3.63) is 29.3 Å². The second-order valence-electron chi connectivity index (χ2n) is 4.63. The number of benzene rings is 1. The number of amides is 1. The summed E-state index contributed by atoms with van der Waals surface area (Å²) in [5.74, 6) is -0.905. The van der Waals surface area contributed by atoms with Gasteiger partial charge in [-0.1, -0.05) is 13.8 Å². The number of halogens is 3. The molecule has 108 valence electrons. The number of carbonyl (C=O) groups excluding carboxylic acids is 1. The minimum absolute atomic E-state index is 0.136. The summed E-state index contributed by atoms with van der Waals surface area (Å²) in [7, 11) is 0. The van der Waals surface area contributed by atoms with Crippen molar-refractivity contribution in [2.45, 2.75) is 26.1 Å². The molecule has 1 amide bonds. The Morgan fingerprint density at radius 3 is 2.45 bits per heavy atom. The van der Waals surface area contributed by atoms with Gasteiger partial charge in [0.25, 0.3) is 0 Å². The lowest BCUT2D eigenvalue weighted by Crippen LogP contribution is -2.40.